The predicted octanol–water partition coefficient (Wildman–Crippen LogP) is 3.37. The molecular weight excluding hydrogens is 386 g/mol. The average molecular weight is 413 g/mol. The van der Waals surface area contributed by atoms with Crippen molar-refractivity contribution in [3.8, 4) is 5.75 Å². The average Bonchev–Trinajstić information content (AvgIpc) is 2.70. The second kappa shape index (κ2) is 9.80. The Morgan fingerprint density at radius 2 is 1.87 bits per heavy atom. The van der Waals surface area contributed by atoms with E-state index in [0.29, 0.717) is 43.1 Å². The van der Waals surface area contributed by atoms with Gasteiger partial charge in [-0.3, -0.25) is 19.4 Å². The van der Waals surface area contributed by atoms with Crippen LogP contribution in [-0.4, -0.2) is 43.3 Å². The van der Waals surface area contributed by atoms with Gasteiger partial charge in [0.25, 0.3) is 0 Å². The standard InChI is InChI=1S/C23H27NO6/c1-4-28-12-13-29-23(27)20-14(2)24-18-6-5-7-19(26)22(18)21(20)16-8-10-17(11-9-16)30-15(3)25/h8-11,20-21H,4-7,12-13H2,1-3H3/t20?,21-/m1/s1. The minimum atomic E-state index is -0.688. The number of ether oxygens (including phenoxy) is 3. The number of carbonyl (C=O) groups excluding carboxylic acids is 3. The first kappa shape index (κ1) is 21.9. The molecule has 1 aliphatic heterocycles. The lowest BCUT2D eigenvalue weighted by Crippen LogP contribution is -2.37. The summed E-state index contributed by atoms with van der Waals surface area (Å²) in [5.41, 5.74) is 2.78. The molecule has 1 heterocycles. The van der Waals surface area contributed by atoms with E-state index in [1.807, 2.05) is 6.92 Å². The number of allylic oxidation sites excluding steroid dienone is 2. The fraction of sp³-hybridized carbons (Fsp3) is 0.478. The lowest BCUT2D eigenvalue weighted by Gasteiger charge is -2.34. The molecular formula is C23H27NO6. The van der Waals surface area contributed by atoms with E-state index in [1.54, 1.807) is 31.2 Å². The van der Waals surface area contributed by atoms with Gasteiger partial charge in [0.2, 0.25) is 0 Å². The van der Waals surface area contributed by atoms with Crippen molar-refractivity contribution in [3.63, 3.8) is 0 Å². The molecule has 0 N–H and O–H groups in total. The second-order valence-corrected chi connectivity index (χ2v) is 7.37. The minimum absolute atomic E-state index is 0.0219. The minimum Gasteiger partial charge on any atom is -0.463 e. The SMILES string of the molecule is CCOCCOC(=O)C1C(C)=NC2=C(C(=O)CCC2)[C@@H]1c1ccc(OC(C)=O)cc1. The van der Waals surface area contributed by atoms with Gasteiger partial charge in [-0.15, -0.1) is 0 Å². The van der Waals surface area contributed by atoms with Crippen LogP contribution in [0.25, 0.3) is 0 Å². The normalized spacial score (nSPS) is 21.0. The summed E-state index contributed by atoms with van der Waals surface area (Å²) < 4.78 is 15.8. The Balaban J connectivity index is 1.95. The summed E-state index contributed by atoms with van der Waals surface area (Å²) in [6, 6.07) is 6.91. The zero-order valence-corrected chi connectivity index (χ0v) is 17.6. The summed E-state index contributed by atoms with van der Waals surface area (Å²) in [6.07, 6.45) is 1.92. The van der Waals surface area contributed by atoms with E-state index in [4.69, 9.17) is 14.2 Å². The van der Waals surface area contributed by atoms with E-state index in [2.05, 4.69) is 4.99 Å². The van der Waals surface area contributed by atoms with Crippen molar-refractivity contribution in [1.82, 2.24) is 0 Å². The zero-order chi connectivity index (χ0) is 21.7. The molecule has 3 rings (SSSR count). The van der Waals surface area contributed by atoms with Gasteiger partial charge in [0.05, 0.1) is 6.61 Å². The van der Waals surface area contributed by atoms with E-state index >= 15 is 0 Å². The molecule has 0 fully saturated rings. The van der Waals surface area contributed by atoms with E-state index < -0.39 is 23.8 Å². The smallest absolute Gasteiger partial charge is 0.315 e. The largest absolute Gasteiger partial charge is 0.463 e. The molecule has 0 saturated carbocycles. The quantitative estimate of drug-likeness (QED) is 0.387. The van der Waals surface area contributed by atoms with Crippen LogP contribution in [0, 0.1) is 5.92 Å². The third kappa shape index (κ3) is 4.84. The number of ketones is 1. The molecule has 0 saturated heterocycles. The Morgan fingerprint density at radius 3 is 2.53 bits per heavy atom. The first-order valence-electron chi connectivity index (χ1n) is 10.3. The first-order valence-corrected chi connectivity index (χ1v) is 10.3. The highest BCUT2D eigenvalue weighted by Gasteiger charge is 2.43. The molecule has 7 nitrogen and oxygen atoms in total. The summed E-state index contributed by atoms with van der Waals surface area (Å²) in [4.78, 5) is 41.6. The molecule has 2 aliphatic rings. The summed E-state index contributed by atoms with van der Waals surface area (Å²) in [5, 5.41) is 0. The number of benzene rings is 1. The number of rotatable bonds is 7. The van der Waals surface area contributed by atoms with E-state index in [9.17, 15) is 14.4 Å². The first-order chi connectivity index (χ1) is 14.4. The van der Waals surface area contributed by atoms with Gasteiger partial charge in [0, 0.05) is 42.9 Å². The Bertz CT molecular complexity index is 883. The number of Topliss-reactive ketones (excluding diaryl/α,β-unsaturated/α-hetero) is 1. The summed E-state index contributed by atoms with van der Waals surface area (Å²) >= 11 is 0. The van der Waals surface area contributed by atoms with Gasteiger partial charge in [-0.05, 0) is 44.4 Å². The molecule has 2 atom stereocenters. The summed E-state index contributed by atoms with van der Waals surface area (Å²) in [7, 11) is 0. The van der Waals surface area contributed by atoms with E-state index in [1.165, 1.54) is 6.92 Å². The number of aliphatic imine (C=N–C) groups is 1. The fourth-order valence-electron chi connectivity index (χ4n) is 4.02. The summed E-state index contributed by atoms with van der Waals surface area (Å²) in [5.74, 6) is -1.56. The van der Waals surface area contributed by atoms with Crippen LogP contribution in [0.3, 0.4) is 0 Å². The topological polar surface area (TPSA) is 91.3 Å². The van der Waals surface area contributed by atoms with Gasteiger partial charge in [-0.1, -0.05) is 12.1 Å². The van der Waals surface area contributed by atoms with Gasteiger partial charge in [-0.25, -0.2) is 0 Å². The Kier molecular flexibility index (Phi) is 7.15. The van der Waals surface area contributed by atoms with Crippen LogP contribution in [0.15, 0.2) is 40.5 Å². The number of carbonyl (C=O) groups is 3. The summed E-state index contributed by atoms with van der Waals surface area (Å²) in [6.45, 7) is 6.02. The Morgan fingerprint density at radius 1 is 1.13 bits per heavy atom. The van der Waals surface area contributed by atoms with Crippen molar-refractivity contribution < 1.29 is 28.6 Å². The fourth-order valence-corrected chi connectivity index (χ4v) is 4.02. The van der Waals surface area contributed by atoms with Crippen LogP contribution in [0.1, 0.15) is 51.5 Å². The highest BCUT2D eigenvalue weighted by molar-refractivity contribution is 6.08. The van der Waals surface area contributed by atoms with Crippen LogP contribution >= 0.6 is 0 Å². The Hall–Kier alpha value is -2.80. The molecule has 0 spiro atoms. The van der Waals surface area contributed by atoms with E-state index in [-0.39, 0.29) is 12.4 Å². The third-order valence-electron chi connectivity index (χ3n) is 5.27. The Labute approximate surface area is 176 Å². The molecule has 7 heteroatoms. The van der Waals surface area contributed by atoms with Crippen molar-refractivity contribution in [2.75, 3.05) is 19.8 Å². The number of hydrogen-bond donors (Lipinski definition) is 0. The number of esters is 2. The maximum absolute atomic E-state index is 13.0. The van der Waals surface area contributed by atoms with Gasteiger partial charge >= 0.3 is 11.9 Å². The maximum Gasteiger partial charge on any atom is 0.315 e. The highest BCUT2D eigenvalue weighted by atomic mass is 16.6. The molecule has 0 aromatic heterocycles. The van der Waals surface area contributed by atoms with Crippen molar-refractivity contribution in [3.05, 3.63) is 41.1 Å². The molecule has 1 aromatic carbocycles. The van der Waals surface area contributed by atoms with Crippen LogP contribution in [0.4, 0.5) is 0 Å². The molecule has 0 radical (unpaired) electrons. The van der Waals surface area contributed by atoms with Crippen molar-refractivity contribution >= 4 is 23.4 Å². The predicted molar refractivity (Wildman–Crippen MR) is 110 cm³/mol. The molecule has 1 unspecified atom stereocenters. The lowest BCUT2D eigenvalue weighted by molar-refractivity contribution is -0.148. The number of hydrogen-bond acceptors (Lipinski definition) is 7. The van der Waals surface area contributed by atoms with Crippen molar-refractivity contribution in [1.29, 1.82) is 0 Å². The molecule has 1 aromatic rings. The maximum atomic E-state index is 13.0. The molecule has 160 valence electrons. The molecule has 30 heavy (non-hydrogen) atoms. The van der Waals surface area contributed by atoms with Crippen LogP contribution < -0.4 is 4.74 Å². The van der Waals surface area contributed by atoms with Gasteiger partial charge < -0.3 is 14.2 Å². The molecule has 0 amide bonds. The van der Waals surface area contributed by atoms with Gasteiger partial charge in [0.1, 0.15) is 18.3 Å². The number of nitrogens with zero attached hydrogens (tertiary/aromatic N) is 1. The van der Waals surface area contributed by atoms with E-state index in [0.717, 1.165) is 17.7 Å². The van der Waals surface area contributed by atoms with Crippen molar-refractivity contribution in [2.45, 2.75) is 46.0 Å². The molecule has 1 aliphatic carbocycles. The zero-order valence-electron chi connectivity index (χ0n) is 17.6. The third-order valence-corrected chi connectivity index (χ3v) is 5.27. The highest BCUT2D eigenvalue weighted by Crippen LogP contribution is 2.43. The van der Waals surface area contributed by atoms with Crippen LogP contribution in [-0.2, 0) is 23.9 Å². The van der Waals surface area contributed by atoms with Gasteiger partial charge in [0.15, 0.2) is 5.78 Å². The lowest BCUT2D eigenvalue weighted by atomic mass is 9.72. The van der Waals surface area contributed by atoms with Crippen LogP contribution in [0.5, 0.6) is 5.75 Å². The van der Waals surface area contributed by atoms with Crippen LogP contribution in [0.2, 0.25) is 0 Å². The van der Waals surface area contributed by atoms with Crippen molar-refractivity contribution in [2.24, 2.45) is 10.9 Å². The molecule has 0 bridgehead atoms. The van der Waals surface area contributed by atoms with Gasteiger partial charge in [-0.2, -0.15) is 0 Å². The monoisotopic (exact) mass is 413 g/mol. The second-order valence-electron chi connectivity index (χ2n) is 7.37.